The topological polar surface area (TPSA) is 120 Å². The lowest BCUT2D eigenvalue weighted by molar-refractivity contribution is -0.144. The number of aliphatic hydroxyl groups excluding tert-OH is 1. The molecule has 11 heteroatoms. The Bertz CT molecular complexity index is 720. The fourth-order valence-electron chi connectivity index (χ4n) is 3.56. The van der Waals surface area contributed by atoms with E-state index in [4.69, 9.17) is 9.90 Å². The molecule has 162 valence electrons. The SMILES string of the molecule is Cc1nc(C(=O)N[C@H]2CC[C@H](C(=O)N3CCC(F)(F)CC3)C[C@@H]2O)cs1.O=CO. The average Bonchev–Trinajstić information content (AvgIpc) is 3.10. The van der Waals surface area contributed by atoms with Crippen LogP contribution in [0.1, 0.15) is 47.6 Å². The van der Waals surface area contributed by atoms with Crippen molar-refractivity contribution in [2.75, 3.05) is 13.1 Å². The van der Waals surface area contributed by atoms with Crippen LogP contribution in [0.15, 0.2) is 5.38 Å². The van der Waals surface area contributed by atoms with Crippen molar-refractivity contribution in [3.63, 3.8) is 0 Å². The van der Waals surface area contributed by atoms with E-state index >= 15 is 0 Å². The Kier molecular flexibility index (Phi) is 8.03. The van der Waals surface area contributed by atoms with Gasteiger partial charge in [-0.25, -0.2) is 13.8 Å². The molecule has 2 amide bonds. The lowest BCUT2D eigenvalue weighted by atomic mass is 9.82. The molecular weight excluding hydrogens is 408 g/mol. The van der Waals surface area contributed by atoms with E-state index in [1.165, 1.54) is 16.2 Å². The molecule has 8 nitrogen and oxygen atoms in total. The van der Waals surface area contributed by atoms with E-state index in [-0.39, 0.29) is 56.6 Å². The first-order chi connectivity index (χ1) is 13.7. The number of alkyl halides is 2. The number of hydrogen-bond acceptors (Lipinski definition) is 6. The molecule has 2 aliphatic rings. The van der Waals surface area contributed by atoms with Crippen LogP contribution in [0.25, 0.3) is 0 Å². The molecule has 0 unspecified atom stereocenters. The number of hydrogen-bond donors (Lipinski definition) is 3. The first-order valence-electron chi connectivity index (χ1n) is 9.32. The van der Waals surface area contributed by atoms with E-state index in [2.05, 4.69) is 10.3 Å². The average molecular weight is 433 g/mol. The molecule has 3 rings (SSSR count). The minimum atomic E-state index is -2.69. The molecule has 1 aliphatic heterocycles. The molecule has 1 saturated heterocycles. The second-order valence-corrected chi connectivity index (χ2v) is 8.26. The number of carbonyl (C=O) groups excluding carboxylic acids is 2. The van der Waals surface area contributed by atoms with E-state index in [9.17, 15) is 23.5 Å². The van der Waals surface area contributed by atoms with Gasteiger partial charge in [-0.15, -0.1) is 11.3 Å². The summed E-state index contributed by atoms with van der Waals surface area (Å²) in [7, 11) is 0. The molecule has 0 aromatic carbocycles. The molecular formula is C18H25F2N3O5S. The summed E-state index contributed by atoms with van der Waals surface area (Å²) >= 11 is 1.38. The smallest absolute Gasteiger partial charge is 0.290 e. The van der Waals surface area contributed by atoms with E-state index in [0.29, 0.717) is 18.5 Å². The molecule has 1 saturated carbocycles. The van der Waals surface area contributed by atoms with E-state index in [0.717, 1.165) is 5.01 Å². The van der Waals surface area contributed by atoms with Gasteiger partial charge in [0.1, 0.15) is 5.69 Å². The van der Waals surface area contributed by atoms with Crippen molar-refractivity contribution in [2.24, 2.45) is 5.92 Å². The van der Waals surface area contributed by atoms with Gasteiger partial charge in [0.25, 0.3) is 18.3 Å². The third-order valence-electron chi connectivity index (χ3n) is 5.14. The highest BCUT2D eigenvalue weighted by molar-refractivity contribution is 7.09. The highest BCUT2D eigenvalue weighted by atomic mass is 32.1. The Morgan fingerprint density at radius 3 is 2.48 bits per heavy atom. The van der Waals surface area contributed by atoms with Crippen LogP contribution >= 0.6 is 11.3 Å². The summed E-state index contributed by atoms with van der Waals surface area (Å²) in [6.07, 6.45) is -0.236. The predicted molar refractivity (Wildman–Crippen MR) is 101 cm³/mol. The maximum Gasteiger partial charge on any atom is 0.290 e. The zero-order valence-corrected chi connectivity index (χ0v) is 16.8. The van der Waals surface area contributed by atoms with Crippen molar-refractivity contribution in [3.8, 4) is 0 Å². The lowest BCUT2D eigenvalue weighted by Gasteiger charge is -2.38. The summed E-state index contributed by atoms with van der Waals surface area (Å²) < 4.78 is 26.5. The maximum absolute atomic E-state index is 13.2. The van der Waals surface area contributed by atoms with Crippen LogP contribution in [0.3, 0.4) is 0 Å². The molecule has 0 spiro atoms. The number of amides is 2. The minimum Gasteiger partial charge on any atom is -0.483 e. The minimum absolute atomic E-state index is 0.0573. The molecule has 0 radical (unpaired) electrons. The quantitative estimate of drug-likeness (QED) is 0.624. The molecule has 2 fully saturated rings. The number of piperidine rings is 1. The van der Waals surface area contributed by atoms with Gasteiger partial charge in [-0.05, 0) is 26.2 Å². The third kappa shape index (κ3) is 6.43. The number of aliphatic hydroxyl groups is 1. The van der Waals surface area contributed by atoms with Crippen LogP contribution in [0.5, 0.6) is 0 Å². The molecule has 1 aromatic heterocycles. The van der Waals surface area contributed by atoms with Crippen molar-refractivity contribution >= 4 is 29.6 Å². The van der Waals surface area contributed by atoms with Crippen molar-refractivity contribution in [2.45, 2.75) is 57.1 Å². The van der Waals surface area contributed by atoms with Crippen molar-refractivity contribution < 1.29 is 33.4 Å². The summed E-state index contributed by atoms with van der Waals surface area (Å²) in [4.78, 5) is 38.7. The summed E-state index contributed by atoms with van der Waals surface area (Å²) in [5.74, 6) is -3.57. The number of likely N-dealkylation sites (tertiary alicyclic amines) is 1. The van der Waals surface area contributed by atoms with Gasteiger partial charge in [-0.1, -0.05) is 0 Å². The van der Waals surface area contributed by atoms with Gasteiger partial charge in [0.05, 0.1) is 17.2 Å². The second kappa shape index (κ2) is 10.1. The van der Waals surface area contributed by atoms with Gasteiger partial charge in [0, 0.05) is 37.2 Å². The molecule has 1 aliphatic carbocycles. The summed E-state index contributed by atoms with van der Waals surface area (Å²) in [6, 6.07) is -0.431. The van der Waals surface area contributed by atoms with E-state index in [1.54, 1.807) is 5.38 Å². The lowest BCUT2D eigenvalue weighted by Crippen LogP contribution is -2.51. The largest absolute Gasteiger partial charge is 0.483 e. The zero-order chi connectivity index (χ0) is 21.6. The number of aryl methyl sites for hydroxylation is 1. The normalized spacial score (nSPS) is 26.1. The number of rotatable bonds is 3. The zero-order valence-electron chi connectivity index (χ0n) is 16.0. The van der Waals surface area contributed by atoms with Crippen molar-refractivity contribution in [1.29, 1.82) is 0 Å². The predicted octanol–water partition coefficient (Wildman–Crippen LogP) is 1.67. The van der Waals surface area contributed by atoms with Crippen LogP contribution < -0.4 is 5.32 Å². The van der Waals surface area contributed by atoms with Gasteiger partial charge in [0.15, 0.2) is 0 Å². The molecule has 3 N–H and O–H groups in total. The first-order valence-corrected chi connectivity index (χ1v) is 10.2. The van der Waals surface area contributed by atoms with Gasteiger partial charge in [-0.2, -0.15) is 0 Å². The highest BCUT2D eigenvalue weighted by Crippen LogP contribution is 2.31. The standard InChI is InChI=1S/C17H23F2N3O3S.CH2O2/c1-10-20-13(9-26-10)15(24)21-12-3-2-11(8-14(12)23)16(25)22-6-4-17(18,19)5-7-22;2-1-3/h9,11-12,14,23H,2-8H2,1H3,(H,21,24);1H,(H,2,3)/t11-,12-,14-;/m0./s1. The van der Waals surface area contributed by atoms with Gasteiger partial charge >= 0.3 is 0 Å². The van der Waals surface area contributed by atoms with Gasteiger partial charge in [0.2, 0.25) is 5.91 Å². The number of aromatic nitrogens is 1. The first kappa shape index (κ1) is 23.1. The number of halogens is 2. The van der Waals surface area contributed by atoms with Crippen molar-refractivity contribution in [3.05, 3.63) is 16.1 Å². The Balaban J connectivity index is 0.000000941. The summed E-state index contributed by atoms with van der Waals surface area (Å²) in [5.41, 5.74) is 0.326. The van der Waals surface area contributed by atoms with Crippen LogP contribution in [-0.4, -0.2) is 69.5 Å². The maximum atomic E-state index is 13.2. The molecule has 1 aromatic rings. The van der Waals surface area contributed by atoms with Crippen molar-refractivity contribution in [1.82, 2.24) is 15.2 Å². The summed E-state index contributed by atoms with van der Waals surface area (Å²) in [5, 5.41) is 22.5. The van der Waals surface area contributed by atoms with E-state index < -0.39 is 18.1 Å². The van der Waals surface area contributed by atoms with Gasteiger partial charge in [-0.3, -0.25) is 14.4 Å². The number of thiazole rings is 1. The van der Waals surface area contributed by atoms with Crippen LogP contribution in [-0.2, 0) is 9.59 Å². The molecule has 0 bridgehead atoms. The summed E-state index contributed by atoms with van der Waals surface area (Å²) in [6.45, 7) is 1.67. The number of carbonyl (C=O) groups is 3. The Labute approximate surface area is 170 Å². The highest BCUT2D eigenvalue weighted by Gasteiger charge is 2.40. The molecule has 2 heterocycles. The monoisotopic (exact) mass is 433 g/mol. The number of carboxylic acid groups (broad SMARTS) is 1. The van der Waals surface area contributed by atoms with Crippen LogP contribution in [0, 0.1) is 12.8 Å². The third-order valence-corrected chi connectivity index (χ3v) is 5.91. The number of nitrogens with one attached hydrogen (secondary N) is 1. The van der Waals surface area contributed by atoms with Crippen LogP contribution in [0.2, 0.25) is 0 Å². The molecule has 3 atom stereocenters. The Morgan fingerprint density at radius 1 is 1.34 bits per heavy atom. The second-order valence-electron chi connectivity index (χ2n) is 7.20. The fraction of sp³-hybridized carbons (Fsp3) is 0.667. The van der Waals surface area contributed by atoms with Crippen LogP contribution in [0.4, 0.5) is 8.78 Å². The molecule has 29 heavy (non-hydrogen) atoms. The Hall–Kier alpha value is -2.14. The Morgan fingerprint density at radius 2 is 1.97 bits per heavy atom. The van der Waals surface area contributed by atoms with E-state index in [1.807, 2.05) is 6.92 Å². The fourth-order valence-corrected chi connectivity index (χ4v) is 4.15. The number of nitrogens with zero attached hydrogens (tertiary/aromatic N) is 2. The van der Waals surface area contributed by atoms with Gasteiger partial charge < -0.3 is 20.4 Å².